The molecule has 2 N–H and O–H groups in total. The molecule has 0 saturated heterocycles. The summed E-state index contributed by atoms with van der Waals surface area (Å²) in [6.45, 7) is 0. The van der Waals surface area contributed by atoms with Crippen molar-refractivity contribution in [1.29, 1.82) is 0 Å². The summed E-state index contributed by atoms with van der Waals surface area (Å²) in [5.74, 6) is 0.0397. The molecule has 0 spiro atoms. The first-order valence-corrected chi connectivity index (χ1v) is 4.45. The van der Waals surface area contributed by atoms with E-state index in [4.69, 9.17) is 17.3 Å². The smallest absolute Gasteiger partial charge is 0.277 e. The largest absolute Gasteiger partial charge is 0.364 e. The topological polar surface area (TPSA) is 56.0 Å². The van der Waals surface area contributed by atoms with Crippen LogP contribution in [-0.2, 0) is 6.42 Å². The number of nitrogens with two attached hydrogens (primary N) is 1. The zero-order valence-electron chi connectivity index (χ0n) is 5.71. The number of hydrogen-bond acceptors (Lipinski definition) is 3. The Morgan fingerprint density at radius 2 is 2.55 bits per heavy atom. The summed E-state index contributed by atoms with van der Waals surface area (Å²) in [5.41, 5.74) is 5.83. The number of amides is 1. The maximum atomic E-state index is 10.6. The van der Waals surface area contributed by atoms with Gasteiger partial charge in [-0.15, -0.1) is 22.9 Å². The maximum Gasteiger partial charge on any atom is 0.277 e. The third-order valence-corrected chi connectivity index (χ3v) is 2.21. The highest BCUT2D eigenvalue weighted by atomic mass is 35.5. The van der Waals surface area contributed by atoms with Gasteiger partial charge in [0.1, 0.15) is 0 Å². The average molecular weight is 191 g/mol. The first-order valence-electron chi connectivity index (χ1n) is 3.04. The molecule has 1 rings (SSSR count). The molecule has 0 aliphatic carbocycles. The van der Waals surface area contributed by atoms with Gasteiger partial charge in [-0.3, -0.25) is 4.79 Å². The van der Waals surface area contributed by atoms with Crippen molar-refractivity contribution in [3.05, 3.63) is 16.1 Å². The highest BCUT2D eigenvalue weighted by Gasteiger charge is 2.05. The molecule has 1 amide bonds. The molecule has 0 aliphatic heterocycles. The highest BCUT2D eigenvalue weighted by molar-refractivity contribution is 7.11. The molecule has 1 heterocycles. The van der Waals surface area contributed by atoms with E-state index in [0.29, 0.717) is 17.3 Å². The van der Waals surface area contributed by atoms with Crippen LogP contribution in [0.1, 0.15) is 15.5 Å². The summed E-state index contributed by atoms with van der Waals surface area (Å²) in [5, 5.41) is 2.15. The molecule has 60 valence electrons. The van der Waals surface area contributed by atoms with Gasteiger partial charge in [-0.05, 0) is 0 Å². The van der Waals surface area contributed by atoms with Crippen LogP contribution in [0.4, 0.5) is 0 Å². The van der Waals surface area contributed by atoms with Gasteiger partial charge in [0, 0.05) is 17.7 Å². The number of carbonyl (C=O) groups excluding carboxylic acids is 1. The second-order valence-corrected chi connectivity index (χ2v) is 3.18. The van der Waals surface area contributed by atoms with Gasteiger partial charge in [-0.25, -0.2) is 4.98 Å². The quantitative estimate of drug-likeness (QED) is 0.724. The Morgan fingerprint density at radius 1 is 1.82 bits per heavy atom. The van der Waals surface area contributed by atoms with Crippen LogP contribution in [-0.4, -0.2) is 16.8 Å². The summed E-state index contributed by atoms with van der Waals surface area (Å²) >= 11 is 6.73. The van der Waals surface area contributed by atoms with E-state index in [-0.39, 0.29) is 0 Å². The van der Waals surface area contributed by atoms with Gasteiger partial charge in [0.05, 0.1) is 5.69 Å². The fraction of sp³-hybridized carbons (Fsp3) is 0.333. The van der Waals surface area contributed by atoms with Crippen molar-refractivity contribution in [3.63, 3.8) is 0 Å². The summed E-state index contributed by atoms with van der Waals surface area (Å²) in [6.07, 6.45) is 0.686. The van der Waals surface area contributed by atoms with E-state index in [1.807, 2.05) is 0 Å². The average Bonchev–Trinajstić information content (AvgIpc) is 2.37. The fourth-order valence-electron chi connectivity index (χ4n) is 0.632. The predicted octanol–water partition coefficient (Wildman–Crippen LogP) is 1.02. The van der Waals surface area contributed by atoms with Gasteiger partial charge in [-0.2, -0.15) is 0 Å². The second kappa shape index (κ2) is 3.69. The Morgan fingerprint density at radius 3 is 3.00 bits per heavy atom. The SMILES string of the molecule is NC(=O)c1nc(CCCl)cs1. The highest BCUT2D eigenvalue weighted by Crippen LogP contribution is 2.09. The Hall–Kier alpha value is -0.610. The molecule has 0 aliphatic rings. The molecule has 0 radical (unpaired) electrons. The van der Waals surface area contributed by atoms with Gasteiger partial charge in [0.2, 0.25) is 0 Å². The molecule has 0 fully saturated rings. The van der Waals surface area contributed by atoms with Crippen LogP contribution in [0.25, 0.3) is 0 Å². The van der Waals surface area contributed by atoms with E-state index >= 15 is 0 Å². The van der Waals surface area contributed by atoms with Gasteiger partial charge < -0.3 is 5.73 Å². The first kappa shape index (κ1) is 8.49. The Balaban J connectivity index is 2.73. The van der Waals surface area contributed by atoms with E-state index in [1.54, 1.807) is 5.38 Å². The lowest BCUT2D eigenvalue weighted by molar-refractivity contribution is 0.1000. The second-order valence-electron chi connectivity index (χ2n) is 1.95. The number of hydrogen-bond donors (Lipinski definition) is 1. The van der Waals surface area contributed by atoms with Crippen LogP contribution >= 0.6 is 22.9 Å². The molecule has 1 aromatic rings. The predicted molar refractivity (Wildman–Crippen MR) is 45.1 cm³/mol. The molecule has 3 nitrogen and oxygen atoms in total. The van der Waals surface area contributed by atoms with Crippen molar-refractivity contribution in [2.75, 3.05) is 5.88 Å². The summed E-state index contributed by atoms with van der Waals surface area (Å²) in [6, 6.07) is 0. The Labute approximate surface area is 73.2 Å². The van der Waals surface area contributed by atoms with Gasteiger partial charge in [0.25, 0.3) is 5.91 Å². The van der Waals surface area contributed by atoms with Crippen LogP contribution < -0.4 is 5.73 Å². The van der Waals surface area contributed by atoms with Gasteiger partial charge in [-0.1, -0.05) is 0 Å². The minimum absolute atomic E-state index is 0.352. The van der Waals surface area contributed by atoms with Crippen LogP contribution in [0, 0.1) is 0 Å². The third kappa shape index (κ3) is 2.17. The lowest BCUT2D eigenvalue weighted by Crippen LogP contribution is -2.10. The van der Waals surface area contributed by atoms with Crippen molar-refractivity contribution in [3.8, 4) is 0 Å². The number of aryl methyl sites for hydroxylation is 1. The number of aromatic nitrogens is 1. The number of halogens is 1. The molecule has 0 aromatic carbocycles. The maximum absolute atomic E-state index is 10.6. The van der Waals surface area contributed by atoms with Gasteiger partial charge in [0.15, 0.2) is 5.01 Å². The molecule has 0 unspecified atom stereocenters. The molecule has 0 atom stereocenters. The molecule has 5 heteroatoms. The molecule has 1 aromatic heterocycles. The fourth-order valence-corrected chi connectivity index (χ4v) is 1.53. The number of alkyl halides is 1. The Bertz CT molecular complexity index is 261. The number of nitrogens with zero attached hydrogens (tertiary/aromatic N) is 1. The number of primary amides is 1. The van der Waals surface area contributed by atoms with E-state index in [1.165, 1.54) is 11.3 Å². The summed E-state index contributed by atoms with van der Waals surface area (Å²) < 4.78 is 0. The van der Waals surface area contributed by atoms with E-state index in [0.717, 1.165) is 5.69 Å². The van der Waals surface area contributed by atoms with Crippen molar-refractivity contribution >= 4 is 28.8 Å². The molecule has 11 heavy (non-hydrogen) atoms. The molecule has 0 saturated carbocycles. The summed E-state index contributed by atoms with van der Waals surface area (Å²) in [7, 11) is 0. The number of carbonyl (C=O) groups is 1. The van der Waals surface area contributed by atoms with Crippen molar-refractivity contribution < 1.29 is 4.79 Å². The van der Waals surface area contributed by atoms with Crippen LogP contribution in [0.3, 0.4) is 0 Å². The lowest BCUT2D eigenvalue weighted by atomic mass is 10.4. The normalized spacial score (nSPS) is 9.91. The minimum Gasteiger partial charge on any atom is -0.364 e. The summed E-state index contributed by atoms with van der Waals surface area (Å²) in [4.78, 5) is 14.5. The van der Waals surface area contributed by atoms with E-state index in [2.05, 4.69) is 4.98 Å². The molecular weight excluding hydrogens is 184 g/mol. The van der Waals surface area contributed by atoms with Crippen molar-refractivity contribution in [1.82, 2.24) is 4.98 Å². The van der Waals surface area contributed by atoms with E-state index < -0.39 is 5.91 Å². The van der Waals surface area contributed by atoms with Crippen molar-refractivity contribution in [2.24, 2.45) is 5.73 Å². The first-order chi connectivity index (χ1) is 5.24. The van der Waals surface area contributed by atoms with Crippen molar-refractivity contribution in [2.45, 2.75) is 6.42 Å². The van der Waals surface area contributed by atoms with Crippen LogP contribution in [0.2, 0.25) is 0 Å². The zero-order chi connectivity index (χ0) is 8.27. The van der Waals surface area contributed by atoms with Crippen LogP contribution in [0.15, 0.2) is 5.38 Å². The lowest BCUT2D eigenvalue weighted by Gasteiger charge is -1.86. The third-order valence-electron chi connectivity index (χ3n) is 1.11. The van der Waals surface area contributed by atoms with E-state index in [9.17, 15) is 4.79 Å². The number of rotatable bonds is 3. The number of thiazole rings is 1. The molecular formula is C6H7ClN2OS. The van der Waals surface area contributed by atoms with Crippen LogP contribution in [0.5, 0.6) is 0 Å². The Kier molecular flexibility index (Phi) is 2.84. The minimum atomic E-state index is -0.476. The monoisotopic (exact) mass is 190 g/mol. The van der Waals surface area contributed by atoms with Gasteiger partial charge >= 0.3 is 0 Å². The zero-order valence-corrected chi connectivity index (χ0v) is 7.28. The standard InChI is InChI=1S/C6H7ClN2OS/c7-2-1-4-3-11-6(9-4)5(8)10/h3H,1-2H2,(H2,8,10). The molecule has 0 bridgehead atoms.